The minimum atomic E-state index is -1.18. The first-order valence-electron chi connectivity index (χ1n) is 36.6. The van der Waals surface area contributed by atoms with Gasteiger partial charge in [0.1, 0.15) is 65.1 Å². The average molecular weight is 1470 g/mol. The van der Waals surface area contributed by atoms with Crippen molar-refractivity contribution in [2.24, 2.45) is 10.8 Å². The van der Waals surface area contributed by atoms with E-state index >= 15 is 0 Å². The molecular weight excluding hydrogens is 1330 g/mol. The van der Waals surface area contributed by atoms with E-state index in [2.05, 4.69) is 80.7 Å². The molecular formula is C79H139N3O21. The van der Waals surface area contributed by atoms with Crippen molar-refractivity contribution in [3.63, 3.8) is 0 Å². The molecule has 0 rings (SSSR count). The van der Waals surface area contributed by atoms with E-state index in [4.69, 9.17) is 43.2 Å². The van der Waals surface area contributed by atoms with Crippen LogP contribution in [0.2, 0.25) is 0 Å². The van der Waals surface area contributed by atoms with Gasteiger partial charge in [-0.2, -0.15) is 5.26 Å². The summed E-state index contributed by atoms with van der Waals surface area (Å²) in [5.74, 6) is -4.05. The quantitative estimate of drug-likeness (QED) is 0.0144. The van der Waals surface area contributed by atoms with Crippen LogP contribution in [0.4, 0.5) is 9.59 Å². The Labute approximate surface area is 619 Å². The molecule has 0 aliphatic heterocycles. The predicted molar refractivity (Wildman–Crippen MR) is 402 cm³/mol. The van der Waals surface area contributed by atoms with Crippen LogP contribution in [0.5, 0.6) is 0 Å². The van der Waals surface area contributed by atoms with Crippen molar-refractivity contribution in [1.29, 1.82) is 5.26 Å². The summed E-state index contributed by atoms with van der Waals surface area (Å²) in [6.07, 6.45) is 25.2. The number of aliphatic hydroxyl groups is 2. The minimum absolute atomic E-state index is 0. The van der Waals surface area contributed by atoms with Crippen LogP contribution in [0.25, 0.3) is 0 Å². The molecule has 0 bridgehead atoms. The van der Waals surface area contributed by atoms with E-state index in [0.29, 0.717) is 31.3 Å². The first-order chi connectivity index (χ1) is 47.8. The number of hydrogen-bond donors (Lipinski definition) is 4. The van der Waals surface area contributed by atoms with E-state index < -0.39 is 89.2 Å². The number of nitriles is 1. The molecule has 24 nitrogen and oxygen atoms in total. The fraction of sp³-hybridized carbons (Fsp3) is 0.747. The van der Waals surface area contributed by atoms with E-state index in [0.717, 1.165) is 103 Å². The monoisotopic (exact) mass is 1470 g/mol. The summed E-state index contributed by atoms with van der Waals surface area (Å²) in [6, 6.07) is 0. The fourth-order valence-electron chi connectivity index (χ4n) is 9.35. The minimum Gasteiger partial charge on any atom is -0.463 e. The number of rotatable bonds is 58. The zero-order valence-corrected chi connectivity index (χ0v) is 63.7. The standard InChI is InChI=1S/C42H70N2O12.C28H52O6.C7H9NO3.2CH4/c1-10-12-14-16-18-20-22-34(55-40(49)43-24-26-51-36(45)31(3)4)29-53-38(47)33(7)28-42(8,9)39(48)54-30-35(23-21-19-17-15-13-11-2)56-41(50)44-25-27-52-37(46)32(5)6;1-6-8-10-12-14-16-18-24(29)21-33-26(31)23(3)20-28(4,5)27(32)34-22-25(30)19-17-15-13-11-9-7-2;1-6(2)7(9)11-4-3-10-5-8;;/h34-35H,3,5,7,10-30H2,1-2,4,6,8-9H3,(H,43,49)(H,44,50);24-25,29-30H,3,6-22H2,1-2,4-5H3;1,3-4H2,2H3;2*1H4. The lowest BCUT2D eigenvalue weighted by molar-refractivity contribution is -0.158. The molecule has 0 fully saturated rings. The van der Waals surface area contributed by atoms with Crippen LogP contribution in [-0.4, -0.2) is 155 Å². The Kier molecular flexibility index (Phi) is 67.6. The van der Waals surface area contributed by atoms with Gasteiger partial charge in [0.2, 0.25) is 0 Å². The third kappa shape index (κ3) is 61.9. The molecule has 4 unspecified atom stereocenters. The van der Waals surface area contributed by atoms with Crippen LogP contribution in [0.1, 0.15) is 284 Å². The number of carbonyl (C=O) groups excluding carboxylic acids is 9. The number of ether oxygens (including phenoxy) is 10. The highest BCUT2D eigenvalue weighted by Crippen LogP contribution is 2.29. The molecule has 0 aromatic heterocycles. The van der Waals surface area contributed by atoms with Gasteiger partial charge in [-0.25, -0.2) is 33.6 Å². The Morgan fingerprint density at radius 2 is 0.670 bits per heavy atom. The van der Waals surface area contributed by atoms with Gasteiger partial charge < -0.3 is 68.2 Å². The molecule has 0 aliphatic carbocycles. The lowest BCUT2D eigenvalue weighted by Gasteiger charge is -2.25. The van der Waals surface area contributed by atoms with Crippen molar-refractivity contribution >= 4 is 54.0 Å². The van der Waals surface area contributed by atoms with Crippen molar-refractivity contribution in [3.05, 3.63) is 60.8 Å². The Morgan fingerprint density at radius 3 is 1.00 bits per heavy atom. The van der Waals surface area contributed by atoms with E-state index in [1.807, 2.05) is 0 Å². The molecule has 0 radical (unpaired) electrons. The van der Waals surface area contributed by atoms with Gasteiger partial charge in [-0.15, -0.1) is 0 Å². The molecule has 103 heavy (non-hydrogen) atoms. The molecule has 0 aromatic rings. The maximum atomic E-state index is 13.2. The van der Waals surface area contributed by atoms with Crippen LogP contribution in [0.15, 0.2) is 60.8 Å². The molecule has 4 N–H and O–H groups in total. The SMILES string of the molecule is C.C.C=C(C)C(=O)OCCNC(=O)OC(CCCCCCCC)COC(=O)C(=C)CC(C)(C)C(=O)OCC(CCCCCCCC)OC(=O)NCCOC(=O)C(=C)C.C=C(C)C(=O)OCCOC#N.C=C(CC(C)(C)C(=O)OCC(O)CCCCCCCC)C(=O)OCC(O)CCCCCCCC. The molecule has 0 saturated carbocycles. The molecule has 0 aliphatic rings. The van der Waals surface area contributed by atoms with Crippen LogP contribution in [-0.2, 0) is 80.9 Å². The van der Waals surface area contributed by atoms with E-state index in [-0.39, 0.29) is 116 Å². The normalized spacial score (nSPS) is 11.8. The Balaban J connectivity index is -0.000000574. The first kappa shape index (κ1) is 104. The van der Waals surface area contributed by atoms with E-state index in [1.165, 1.54) is 71.5 Å². The second-order valence-corrected chi connectivity index (χ2v) is 26.9. The Bertz CT molecular complexity index is 2470. The third-order valence-electron chi connectivity index (χ3n) is 15.4. The summed E-state index contributed by atoms with van der Waals surface area (Å²) < 4.78 is 51.5. The average Bonchev–Trinajstić information content (AvgIpc) is 0.867. The summed E-state index contributed by atoms with van der Waals surface area (Å²) in [4.78, 5) is 110. The topological polar surface area (TPSA) is 334 Å². The second-order valence-electron chi connectivity index (χ2n) is 26.9. The second kappa shape index (κ2) is 66.7. The largest absolute Gasteiger partial charge is 0.463 e. The van der Waals surface area contributed by atoms with Crippen LogP contribution in [0.3, 0.4) is 0 Å². The van der Waals surface area contributed by atoms with Crippen molar-refractivity contribution in [1.82, 2.24) is 10.6 Å². The zero-order chi connectivity index (χ0) is 76.9. The Morgan fingerprint density at radius 1 is 0.388 bits per heavy atom. The number of amides is 2. The fourth-order valence-corrected chi connectivity index (χ4v) is 9.35. The number of nitrogens with zero attached hydrogens (tertiary/aromatic N) is 1. The molecule has 4 atom stereocenters. The van der Waals surface area contributed by atoms with Gasteiger partial charge in [0.15, 0.2) is 0 Å². The van der Waals surface area contributed by atoms with E-state index in [9.17, 15) is 53.4 Å². The number of aliphatic hydroxyl groups excluding tert-OH is 2. The summed E-state index contributed by atoms with van der Waals surface area (Å²) in [5, 5.41) is 33.1. The lowest BCUT2D eigenvalue weighted by Crippen LogP contribution is -2.36. The van der Waals surface area contributed by atoms with Gasteiger partial charge in [-0.3, -0.25) is 9.59 Å². The number of hydrogen-bond acceptors (Lipinski definition) is 22. The Hall–Kier alpha value is -7.26. The van der Waals surface area contributed by atoms with Gasteiger partial charge in [-0.1, -0.05) is 217 Å². The molecule has 596 valence electrons. The summed E-state index contributed by atoms with van der Waals surface area (Å²) >= 11 is 0. The van der Waals surface area contributed by atoms with Gasteiger partial charge in [0, 0.05) is 27.9 Å². The van der Waals surface area contributed by atoms with Crippen molar-refractivity contribution in [2.45, 2.75) is 308 Å². The van der Waals surface area contributed by atoms with Crippen molar-refractivity contribution in [2.75, 3.05) is 65.9 Å². The molecule has 0 spiro atoms. The molecule has 24 heteroatoms. The van der Waals surface area contributed by atoms with E-state index in [1.54, 1.807) is 34.6 Å². The summed E-state index contributed by atoms with van der Waals surface area (Å²) in [6.45, 7) is 37.4. The van der Waals surface area contributed by atoms with Gasteiger partial charge in [0.25, 0.3) is 6.26 Å². The molecule has 0 saturated heterocycles. The predicted octanol–water partition coefficient (Wildman–Crippen LogP) is 16.1. The highest BCUT2D eigenvalue weighted by atomic mass is 16.6. The molecule has 0 aromatic carbocycles. The zero-order valence-electron chi connectivity index (χ0n) is 63.7. The number of carbonyl (C=O) groups is 9. The lowest BCUT2D eigenvalue weighted by atomic mass is 9.86. The number of nitrogens with one attached hydrogen (secondary N) is 2. The van der Waals surface area contributed by atoms with Gasteiger partial charge in [0.05, 0.1) is 36.1 Å². The maximum absolute atomic E-state index is 13.2. The van der Waals surface area contributed by atoms with Crippen molar-refractivity contribution in [3.8, 4) is 6.26 Å². The van der Waals surface area contributed by atoms with Crippen molar-refractivity contribution < 1.29 is 101 Å². The number of alkyl carbamates (subject to hydrolysis) is 2. The maximum Gasteiger partial charge on any atom is 0.407 e. The van der Waals surface area contributed by atoms with Gasteiger partial charge in [-0.05, 0) is 99.8 Å². The summed E-state index contributed by atoms with van der Waals surface area (Å²) in [7, 11) is 0. The number of esters is 7. The van der Waals surface area contributed by atoms with Crippen LogP contribution in [0, 0.1) is 22.3 Å². The first-order valence-corrected chi connectivity index (χ1v) is 36.6. The van der Waals surface area contributed by atoms with Crippen LogP contribution >= 0.6 is 0 Å². The highest BCUT2D eigenvalue weighted by molar-refractivity contribution is 5.90. The van der Waals surface area contributed by atoms with Gasteiger partial charge >= 0.3 is 54.0 Å². The molecule has 0 heterocycles. The summed E-state index contributed by atoms with van der Waals surface area (Å²) in [5.41, 5.74) is -1.13. The smallest absolute Gasteiger partial charge is 0.407 e. The highest BCUT2D eigenvalue weighted by Gasteiger charge is 2.35. The molecule has 2 amide bonds. The number of unbranched alkanes of at least 4 members (excludes halogenated alkanes) is 20. The third-order valence-corrected chi connectivity index (χ3v) is 15.4. The van der Waals surface area contributed by atoms with Crippen LogP contribution < -0.4 is 10.6 Å².